The standard InChI is InChI=1S/C14H24N2OS/c1-10-9-18-12(16-10)8-15-7-11-5-6-17-13(11)14(2,3)4/h9,11,13,15H,5-8H2,1-4H3/t11-,13+/m1/s1. The van der Waals surface area contributed by atoms with E-state index in [1.165, 1.54) is 11.4 Å². The van der Waals surface area contributed by atoms with E-state index in [9.17, 15) is 0 Å². The van der Waals surface area contributed by atoms with E-state index in [1.54, 1.807) is 11.3 Å². The summed E-state index contributed by atoms with van der Waals surface area (Å²) in [6, 6.07) is 0. The van der Waals surface area contributed by atoms with Crippen molar-refractivity contribution in [3.8, 4) is 0 Å². The molecule has 3 nitrogen and oxygen atoms in total. The van der Waals surface area contributed by atoms with E-state index in [0.29, 0.717) is 12.0 Å². The second kappa shape index (κ2) is 5.68. The minimum Gasteiger partial charge on any atom is -0.377 e. The molecule has 1 saturated heterocycles. The van der Waals surface area contributed by atoms with E-state index >= 15 is 0 Å². The van der Waals surface area contributed by atoms with Crippen LogP contribution in [0.5, 0.6) is 0 Å². The molecule has 1 aromatic heterocycles. The van der Waals surface area contributed by atoms with E-state index in [4.69, 9.17) is 4.74 Å². The van der Waals surface area contributed by atoms with Crippen molar-refractivity contribution in [3.05, 3.63) is 16.1 Å². The fourth-order valence-corrected chi connectivity index (χ4v) is 3.39. The minimum absolute atomic E-state index is 0.237. The van der Waals surface area contributed by atoms with Crippen LogP contribution in [-0.4, -0.2) is 24.2 Å². The van der Waals surface area contributed by atoms with Gasteiger partial charge in [0.05, 0.1) is 6.10 Å². The van der Waals surface area contributed by atoms with Crippen LogP contribution in [0.15, 0.2) is 5.38 Å². The Kier molecular flexibility index (Phi) is 4.41. The zero-order valence-electron chi connectivity index (χ0n) is 11.8. The topological polar surface area (TPSA) is 34.1 Å². The Morgan fingerprint density at radius 2 is 2.28 bits per heavy atom. The first-order chi connectivity index (χ1) is 8.47. The molecule has 0 aromatic carbocycles. The van der Waals surface area contributed by atoms with Crippen LogP contribution in [0.1, 0.15) is 37.9 Å². The first kappa shape index (κ1) is 14.0. The van der Waals surface area contributed by atoms with Crippen molar-refractivity contribution in [2.75, 3.05) is 13.2 Å². The lowest BCUT2D eigenvalue weighted by Crippen LogP contribution is -2.36. The van der Waals surface area contributed by atoms with Crippen LogP contribution in [0.2, 0.25) is 0 Å². The molecule has 1 aliphatic heterocycles. The van der Waals surface area contributed by atoms with Gasteiger partial charge in [0.15, 0.2) is 0 Å². The molecule has 1 aromatic rings. The molecule has 18 heavy (non-hydrogen) atoms. The van der Waals surface area contributed by atoms with E-state index in [-0.39, 0.29) is 5.41 Å². The number of rotatable bonds is 4. The van der Waals surface area contributed by atoms with Gasteiger partial charge in [-0.15, -0.1) is 11.3 Å². The largest absolute Gasteiger partial charge is 0.377 e. The van der Waals surface area contributed by atoms with Gasteiger partial charge in [-0.05, 0) is 18.8 Å². The third-order valence-corrected chi connectivity index (χ3v) is 4.38. The van der Waals surface area contributed by atoms with Gasteiger partial charge in [-0.1, -0.05) is 20.8 Å². The molecule has 0 amide bonds. The average molecular weight is 268 g/mol. The van der Waals surface area contributed by atoms with Crippen molar-refractivity contribution < 1.29 is 4.74 Å². The van der Waals surface area contributed by atoms with E-state index in [2.05, 4.69) is 36.5 Å². The smallest absolute Gasteiger partial charge is 0.107 e. The summed E-state index contributed by atoms with van der Waals surface area (Å²) in [4.78, 5) is 4.47. The summed E-state index contributed by atoms with van der Waals surface area (Å²) >= 11 is 1.73. The molecule has 2 atom stereocenters. The zero-order chi connectivity index (χ0) is 13.2. The number of thiazole rings is 1. The van der Waals surface area contributed by atoms with Gasteiger partial charge in [0.2, 0.25) is 0 Å². The maximum Gasteiger partial charge on any atom is 0.107 e. The van der Waals surface area contributed by atoms with Gasteiger partial charge in [-0.2, -0.15) is 0 Å². The molecular formula is C14H24N2OS. The first-order valence-corrected chi connectivity index (χ1v) is 7.58. The summed E-state index contributed by atoms with van der Waals surface area (Å²) in [7, 11) is 0. The van der Waals surface area contributed by atoms with Crippen molar-refractivity contribution in [2.45, 2.75) is 46.8 Å². The lowest BCUT2D eigenvalue weighted by atomic mass is 9.81. The van der Waals surface area contributed by atoms with Crippen LogP contribution in [-0.2, 0) is 11.3 Å². The Morgan fingerprint density at radius 3 is 2.89 bits per heavy atom. The van der Waals surface area contributed by atoms with Gasteiger partial charge in [-0.25, -0.2) is 4.98 Å². The van der Waals surface area contributed by atoms with Gasteiger partial charge in [-0.3, -0.25) is 0 Å². The van der Waals surface area contributed by atoms with Crippen molar-refractivity contribution >= 4 is 11.3 Å². The minimum atomic E-state index is 0.237. The highest BCUT2D eigenvalue weighted by atomic mass is 32.1. The molecule has 0 saturated carbocycles. The number of nitrogens with zero attached hydrogens (tertiary/aromatic N) is 1. The van der Waals surface area contributed by atoms with E-state index in [1.807, 2.05) is 6.92 Å². The van der Waals surface area contributed by atoms with Crippen LogP contribution in [0, 0.1) is 18.3 Å². The molecule has 2 rings (SSSR count). The van der Waals surface area contributed by atoms with Gasteiger partial charge >= 0.3 is 0 Å². The van der Waals surface area contributed by atoms with Crippen LogP contribution in [0.25, 0.3) is 0 Å². The van der Waals surface area contributed by atoms with Crippen LogP contribution in [0.3, 0.4) is 0 Å². The Balaban J connectivity index is 1.79. The maximum absolute atomic E-state index is 5.88. The van der Waals surface area contributed by atoms with Gasteiger partial charge in [0, 0.05) is 36.7 Å². The molecule has 0 aliphatic carbocycles. The average Bonchev–Trinajstić information content (AvgIpc) is 2.86. The SMILES string of the molecule is Cc1csc(CNC[C@H]2CCO[C@@H]2C(C)(C)C)n1. The first-order valence-electron chi connectivity index (χ1n) is 6.70. The highest BCUT2D eigenvalue weighted by molar-refractivity contribution is 7.09. The second-order valence-electron chi connectivity index (χ2n) is 6.22. The fraction of sp³-hybridized carbons (Fsp3) is 0.786. The van der Waals surface area contributed by atoms with E-state index in [0.717, 1.165) is 25.4 Å². The molecule has 0 bridgehead atoms. The summed E-state index contributed by atoms with van der Waals surface area (Å²) in [6.45, 7) is 11.7. The number of hydrogen-bond donors (Lipinski definition) is 1. The second-order valence-corrected chi connectivity index (χ2v) is 7.16. The van der Waals surface area contributed by atoms with Crippen molar-refractivity contribution in [1.82, 2.24) is 10.3 Å². The molecule has 1 fully saturated rings. The third-order valence-electron chi connectivity index (χ3n) is 3.42. The van der Waals surface area contributed by atoms with Crippen molar-refractivity contribution in [2.24, 2.45) is 11.3 Å². The third kappa shape index (κ3) is 3.53. The van der Waals surface area contributed by atoms with E-state index < -0.39 is 0 Å². The Morgan fingerprint density at radius 1 is 1.50 bits per heavy atom. The number of aryl methyl sites for hydroxylation is 1. The molecule has 1 aliphatic rings. The number of aromatic nitrogens is 1. The summed E-state index contributed by atoms with van der Waals surface area (Å²) < 4.78 is 5.88. The Labute approximate surface area is 114 Å². The zero-order valence-corrected chi connectivity index (χ0v) is 12.6. The number of nitrogens with one attached hydrogen (secondary N) is 1. The molecular weight excluding hydrogens is 244 g/mol. The number of hydrogen-bond acceptors (Lipinski definition) is 4. The Hall–Kier alpha value is -0.450. The van der Waals surface area contributed by atoms with Gasteiger partial charge in [0.1, 0.15) is 5.01 Å². The summed E-state index contributed by atoms with van der Waals surface area (Å²) in [6.07, 6.45) is 1.55. The highest BCUT2D eigenvalue weighted by Crippen LogP contribution is 2.34. The summed E-state index contributed by atoms with van der Waals surface area (Å²) in [5.74, 6) is 0.631. The fourth-order valence-electron chi connectivity index (χ4n) is 2.65. The molecule has 0 radical (unpaired) electrons. The predicted octanol–water partition coefficient (Wildman–Crippen LogP) is 2.99. The van der Waals surface area contributed by atoms with Crippen LogP contribution >= 0.6 is 11.3 Å². The summed E-state index contributed by atoms with van der Waals surface area (Å²) in [5.41, 5.74) is 1.36. The molecule has 1 N–H and O–H groups in total. The molecule has 0 spiro atoms. The molecule has 102 valence electrons. The monoisotopic (exact) mass is 268 g/mol. The normalized spacial score (nSPS) is 24.7. The number of ether oxygens (including phenoxy) is 1. The van der Waals surface area contributed by atoms with Crippen molar-refractivity contribution in [3.63, 3.8) is 0 Å². The predicted molar refractivity (Wildman–Crippen MR) is 75.9 cm³/mol. The highest BCUT2D eigenvalue weighted by Gasteiger charge is 2.36. The van der Waals surface area contributed by atoms with Crippen LogP contribution < -0.4 is 5.32 Å². The quantitative estimate of drug-likeness (QED) is 0.911. The summed E-state index contributed by atoms with van der Waals surface area (Å²) in [5, 5.41) is 6.81. The Bertz CT molecular complexity index is 383. The molecule has 2 heterocycles. The van der Waals surface area contributed by atoms with Crippen LogP contribution in [0.4, 0.5) is 0 Å². The lowest BCUT2D eigenvalue weighted by molar-refractivity contribution is 0.00721. The van der Waals surface area contributed by atoms with Gasteiger partial charge in [0.25, 0.3) is 0 Å². The maximum atomic E-state index is 5.88. The van der Waals surface area contributed by atoms with Gasteiger partial charge < -0.3 is 10.1 Å². The lowest BCUT2D eigenvalue weighted by Gasteiger charge is -2.31. The molecule has 4 heteroatoms. The van der Waals surface area contributed by atoms with Crippen molar-refractivity contribution in [1.29, 1.82) is 0 Å². The molecule has 0 unspecified atom stereocenters.